The molecule has 1 atom stereocenters. The van der Waals surface area contributed by atoms with Crippen LogP contribution in [0.25, 0.3) is 11.0 Å². The molecule has 2 aliphatic heterocycles. The fourth-order valence-corrected chi connectivity index (χ4v) is 4.82. The van der Waals surface area contributed by atoms with E-state index in [1.165, 1.54) is 0 Å². The minimum absolute atomic E-state index is 0. The molecule has 0 radical (unpaired) electrons. The molecule has 2 aromatic heterocycles. The van der Waals surface area contributed by atoms with Crippen LogP contribution >= 0.6 is 0 Å². The second-order valence-corrected chi connectivity index (χ2v) is 9.99. The average molecular weight is 498 g/mol. The summed E-state index contributed by atoms with van der Waals surface area (Å²) in [4.78, 5) is 12.1. The number of rotatable bonds is 6. The van der Waals surface area contributed by atoms with E-state index >= 15 is 0 Å². The van der Waals surface area contributed by atoms with Gasteiger partial charge in [-0.1, -0.05) is 0 Å². The minimum Gasteiger partial charge on any atom is -1.00 e. The van der Waals surface area contributed by atoms with E-state index in [0.717, 1.165) is 11.1 Å². The van der Waals surface area contributed by atoms with Crippen LogP contribution in [-0.4, -0.2) is 58.0 Å². The third-order valence-electron chi connectivity index (χ3n) is 5.67. The Bertz CT molecular complexity index is 1150. The SMILES string of the molecule is Cc1c(OCC2COC(C)(C)OC2)ccnc1CS(=O)c1nc2cc3c(cc2[nH]1)OCCO3.[H-].[Na+]. The van der Waals surface area contributed by atoms with Crippen molar-refractivity contribution in [3.05, 3.63) is 35.7 Å². The summed E-state index contributed by atoms with van der Waals surface area (Å²) in [6, 6.07) is 5.45. The molecule has 1 N–H and O–H groups in total. The van der Waals surface area contributed by atoms with Crippen molar-refractivity contribution < 1.29 is 58.9 Å². The van der Waals surface area contributed by atoms with Gasteiger partial charge in [-0.15, -0.1) is 0 Å². The van der Waals surface area contributed by atoms with E-state index in [1.807, 2.05) is 32.9 Å². The second-order valence-electron chi connectivity index (χ2n) is 8.62. The van der Waals surface area contributed by atoms with Crippen LogP contribution in [0.4, 0.5) is 0 Å². The van der Waals surface area contributed by atoms with Gasteiger partial charge in [-0.3, -0.25) is 9.19 Å². The molecule has 5 rings (SSSR count). The summed E-state index contributed by atoms with van der Waals surface area (Å²) in [6.45, 7) is 8.38. The largest absolute Gasteiger partial charge is 1.00 e. The van der Waals surface area contributed by atoms with Crippen molar-refractivity contribution in [3.8, 4) is 17.2 Å². The van der Waals surface area contributed by atoms with E-state index in [4.69, 9.17) is 23.7 Å². The zero-order valence-corrected chi connectivity index (χ0v) is 22.7. The first-order valence-electron chi connectivity index (χ1n) is 10.9. The predicted octanol–water partition coefficient (Wildman–Crippen LogP) is 0.240. The first-order valence-corrected chi connectivity index (χ1v) is 12.2. The number of hydrogen-bond acceptors (Lipinski definition) is 8. The van der Waals surface area contributed by atoms with Crippen molar-refractivity contribution >= 4 is 21.8 Å². The van der Waals surface area contributed by atoms with Crippen LogP contribution in [0.3, 0.4) is 0 Å². The van der Waals surface area contributed by atoms with E-state index in [0.29, 0.717) is 66.7 Å². The number of aromatic nitrogens is 3. The summed E-state index contributed by atoms with van der Waals surface area (Å²) in [5.74, 6) is 1.85. The predicted molar refractivity (Wildman–Crippen MR) is 122 cm³/mol. The topological polar surface area (TPSA) is 105 Å². The van der Waals surface area contributed by atoms with Crippen LogP contribution < -0.4 is 43.8 Å². The summed E-state index contributed by atoms with van der Waals surface area (Å²) in [6.07, 6.45) is 1.67. The molecule has 1 aromatic carbocycles. The molecule has 1 unspecified atom stereocenters. The first kappa shape index (κ1) is 25.4. The number of fused-ring (bicyclic) bond motifs is 2. The van der Waals surface area contributed by atoms with E-state index in [1.54, 1.807) is 12.3 Å². The van der Waals surface area contributed by atoms with Gasteiger partial charge in [0.25, 0.3) is 0 Å². The van der Waals surface area contributed by atoms with Crippen molar-refractivity contribution in [3.63, 3.8) is 0 Å². The van der Waals surface area contributed by atoms with Gasteiger partial charge in [0.1, 0.15) is 19.0 Å². The van der Waals surface area contributed by atoms with Crippen molar-refractivity contribution in [2.45, 2.75) is 37.5 Å². The summed E-state index contributed by atoms with van der Waals surface area (Å²) >= 11 is 0. The summed E-state index contributed by atoms with van der Waals surface area (Å²) in [5, 5.41) is 0.388. The number of H-pyrrole nitrogens is 1. The molecule has 4 heterocycles. The first-order chi connectivity index (χ1) is 15.9. The summed E-state index contributed by atoms with van der Waals surface area (Å²) in [5.41, 5.74) is 3.00. The Morgan fingerprint density at radius 1 is 1.21 bits per heavy atom. The Balaban J connectivity index is 0.00000171. The summed E-state index contributed by atoms with van der Waals surface area (Å²) in [7, 11) is -1.41. The molecular weight excluding hydrogens is 469 g/mol. The van der Waals surface area contributed by atoms with Crippen molar-refractivity contribution in [1.29, 1.82) is 0 Å². The molecule has 0 spiro atoms. The molecule has 9 nitrogen and oxygen atoms in total. The van der Waals surface area contributed by atoms with Crippen molar-refractivity contribution in [2.24, 2.45) is 5.92 Å². The van der Waals surface area contributed by atoms with E-state index in [2.05, 4.69) is 15.0 Å². The molecule has 0 aliphatic carbocycles. The molecule has 0 bridgehead atoms. The van der Waals surface area contributed by atoms with Gasteiger partial charge in [-0.25, -0.2) is 4.98 Å². The van der Waals surface area contributed by atoms with Crippen LogP contribution in [0.1, 0.15) is 26.5 Å². The number of hydrogen-bond donors (Lipinski definition) is 1. The smallest absolute Gasteiger partial charge is 1.00 e. The third kappa shape index (κ3) is 5.58. The van der Waals surface area contributed by atoms with Crippen LogP contribution in [0.5, 0.6) is 17.2 Å². The molecule has 178 valence electrons. The number of ether oxygens (including phenoxy) is 5. The van der Waals surface area contributed by atoms with Gasteiger partial charge in [-0.05, 0) is 26.8 Å². The molecule has 3 aromatic rings. The maximum absolute atomic E-state index is 13.1. The van der Waals surface area contributed by atoms with E-state index in [9.17, 15) is 4.21 Å². The standard InChI is InChI=1S/C23H27N3O6S.Na.H/c1-14-18(24-5-4-19(14)30-10-15-11-31-23(2,3)32-12-15)13-33(27)22-25-16-8-20-21(9-17(16)26-22)29-7-6-28-20;;/h4-5,8-9,15H,6-7,10-13H2,1-3H3,(H,25,26);;/q;+1;-1. The number of aromatic amines is 1. The van der Waals surface area contributed by atoms with Crippen molar-refractivity contribution in [1.82, 2.24) is 15.0 Å². The Kier molecular flexibility index (Phi) is 7.85. The molecular formula is C23H28N3NaO6S. The number of nitrogens with one attached hydrogen (secondary N) is 1. The molecule has 34 heavy (non-hydrogen) atoms. The Morgan fingerprint density at radius 2 is 1.91 bits per heavy atom. The monoisotopic (exact) mass is 497 g/mol. The molecule has 1 fully saturated rings. The fraction of sp³-hybridized carbons (Fsp3) is 0.478. The Labute approximate surface area is 224 Å². The molecule has 2 aliphatic rings. The molecule has 11 heteroatoms. The molecule has 0 saturated carbocycles. The van der Waals surface area contributed by atoms with Crippen LogP contribution in [0.2, 0.25) is 0 Å². The number of pyridine rings is 1. The summed E-state index contributed by atoms with van der Waals surface area (Å²) < 4.78 is 41.7. The zero-order valence-electron chi connectivity index (χ0n) is 20.9. The van der Waals surface area contributed by atoms with Gasteiger partial charge in [0, 0.05) is 29.8 Å². The van der Waals surface area contributed by atoms with Crippen LogP contribution in [-0.2, 0) is 26.0 Å². The minimum atomic E-state index is -1.41. The normalized spacial score (nSPS) is 18.3. The van der Waals surface area contributed by atoms with Crippen LogP contribution in [0.15, 0.2) is 29.6 Å². The second kappa shape index (κ2) is 10.5. The number of benzene rings is 1. The van der Waals surface area contributed by atoms with Gasteiger partial charge in [0.05, 0.1) is 53.1 Å². The quantitative estimate of drug-likeness (QED) is 0.483. The van der Waals surface area contributed by atoms with Gasteiger partial charge in [0.2, 0.25) is 0 Å². The van der Waals surface area contributed by atoms with Crippen LogP contribution in [0, 0.1) is 12.8 Å². The Morgan fingerprint density at radius 3 is 2.65 bits per heavy atom. The Hall–Kier alpha value is -1.69. The maximum Gasteiger partial charge on any atom is 1.00 e. The zero-order chi connectivity index (χ0) is 23.0. The third-order valence-corrected chi connectivity index (χ3v) is 6.83. The van der Waals surface area contributed by atoms with E-state index in [-0.39, 0.29) is 42.7 Å². The van der Waals surface area contributed by atoms with Gasteiger partial charge < -0.3 is 30.1 Å². The average Bonchev–Trinajstić information content (AvgIpc) is 3.22. The van der Waals surface area contributed by atoms with E-state index < -0.39 is 16.6 Å². The number of nitrogens with zero attached hydrogens (tertiary/aromatic N) is 2. The molecule has 0 amide bonds. The fourth-order valence-electron chi connectivity index (χ4n) is 3.72. The van der Waals surface area contributed by atoms with Gasteiger partial charge in [0.15, 0.2) is 22.4 Å². The molecule has 1 saturated heterocycles. The van der Waals surface area contributed by atoms with Crippen molar-refractivity contribution in [2.75, 3.05) is 33.0 Å². The number of imidazole rings is 1. The van der Waals surface area contributed by atoms with Gasteiger partial charge >= 0.3 is 29.6 Å². The van der Waals surface area contributed by atoms with Gasteiger partial charge in [-0.2, -0.15) is 0 Å². The maximum atomic E-state index is 13.1.